The highest BCUT2D eigenvalue weighted by atomic mass is 19.2. The van der Waals surface area contributed by atoms with Crippen molar-refractivity contribution in [2.45, 2.75) is 37.3 Å². The third kappa shape index (κ3) is 3.16. The lowest BCUT2D eigenvalue weighted by Crippen LogP contribution is -2.37. The lowest BCUT2D eigenvalue weighted by Gasteiger charge is -2.20. The third-order valence-corrected chi connectivity index (χ3v) is 4.81. The number of ether oxygens (including phenoxy) is 1. The number of halogens is 2. The van der Waals surface area contributed by atoms with Crippen LogP contribution in [0, 0.1) is 11.6 Å². The van der Waals surface area contributed by atoms with Crippen molar-refractivity contribution < 1.29 is 18.3 Å². The highest BCUT2D eigenvalue weighted by Gasteiger charge is 2.33. The summed E-state index contributed by atoms with van der Waals surface area (Å²) in [5.41, 5.74) is 1.97. The number of aromatic nitrogens is 2. The molecule has 0 bridgehead atoms. The summed E-state index contributed by atoms with van der Waals surface area (Å²) < 4.78 is 33.9. The zero-order valence-corrected chi connectivity index (χ0v) is 13.8. The number of aryl methyl sites for hydroxylation is 1. The Bertz CT molecular complexity index is 817. The number of rotatable bonds is 4. The minimum absolute atomic E-state index is 0.231. The minimum atomic E-state index is -0.918. The first-order valence-corrected chi connectivity index (χ1v) is 8.44. The largest absolute Gasteiger partial charge is 0.371 e. The van der Waals surface area contributed by atoms with Gasteiger partial charge in [-0.1, -0.05) is 6.07 Å². The molecule has 7 heteroatoms. The summed E-state index contributed by atoms with van der Waals surface area (Å²) in [6.45, 7) is 0.452. The predicted octanol–water partition coefficient (Wildman–Crippen LogP) is 2.84. The SMILES string of the molecule is Cn1nc(C2CC2)cc1C(=O)N[C@@H]1CCO[C@H]1c1ccc(F)c(F)c1. The maximum absolute atomic E-state index is 13.5. The maximum atomic E-state index is 13.5. The van der Waals surface area contributed by atoms with E-state index in [2.05, 4.69) is 10.4 Å². The van der Waals surface area contributed by atoms with Crippen LogP contribution in [0.3, 0.4) is 0 Å². The summed E-state index contributed by atoms with van der Waals surface area (Å²) in [5, 5.41) is 7.35. The van der Waals surface area contributed by atoms with Crippen molar-refractivity contribution in [3.05, 3.63) is 52.9 Å². The normalized spacial score (nSPS) is 23.0. The fraction of sp³-hybridized carbons (Fsp3) is 0.444. The van der Waals surface area contributed by atoms with Crippen molar-refractivity contribution >= 4 is 5.91 Å². The van der Waals surface area contributed by atoms with Gasteiger partial charge in [0.05, 0.1) is 11.7 Å². The van der Waals surface area contributed by atoms with Gasteiger partial charge in [0, 0.05) is 19.6 Å². The third-order valence-electron chi connectivity index (χ3n) is 4.81. The minimum Gasteiger partial charge on any atom is -0.371 e. The lowest BCUT2D eigenvalue weighted by atomic mass is 10.0. The first kappa shape index (κ1) is 16.2. The van der Waals surface area contributed by atoms with Crippen LogP contribution in [0.4, 0.5) is 8.78 Å². The number of nitrogens with zero attached hydrogens (tertiary/aromatic N) is 2. The Morgan fingerprint density at radius 1 is 1.24 bits per heavy atom. The van der Waals surface area contributed by atoms with E-state index in [0.717, 1.165) is 30.7 Å². The van der Waals surface area contributed by atoms with Crippen LogP contribution < -0.4 is 5.32 Å². The molecule has 1 aliphatic heterocycles. The summed E-state index contributed by atoms with van der Waals surface area (Å²) in [6, 6.07) is 5.23. The number of hydrogen-bond acceptors (Lipinski definition) is 3. The van der Waals surface area contributed by atoms with Gasteiger partial charge in [0.1, 0.15) is 11.8 Å². The van der Waals surface area contributed by atoms with Crippen molar-refractivity contribution in [1.29, 1.82) is 0 Å². The van der Waals surface area contributed by atoms with Crippen LogP contribution in [0.15, 0.2) is 24.3 Å². The van der Waals surface area contributed by atoms with Crippen molar-refractivity contribution in [2.24, 2.45) is 7.05 Å². The molecule has 2 heterocycles. The molecule has 2 fully saturated rings. The Balaban J connectivity index is 1.50. The van der Waals surface area contributed by atoms with Gasteiger partial charge < -0.3 is 10.1 Å². The first-order chi connectivity index (χ1) is 12.0. The zero-order chi connectivity index (χ0) is 17.6. The van der Waals surface area contributed by atoms with E-state index in [1.165, 1.54) is 6.07 Å². The highest BCUT2D eigenvalue weighted by molar-refractivity contribution is 5.93. The molecule has 1 aromatic carbocycles. The monoisotopic (exact) mass is 347 g/mol. The number of nitrogens with one attached hydrogen (secondary N) is 1. The molecule has 4 rings (SSSR count). The molecule has 1 saturated heterocycles. The van der Waals surface area contributed by atoms with E-state index in [4.69, 9.17) is 4.74 Å². The molecule has 1 aliphatic carbocycles. The van der Waals surface area contributed by atoms with Crippen molar-refractivity contribution in [1.82, 2.24) is 15.1 Å². The molecule has 1 saturated carbocycles. The van der Waals surface area contributed by atoms with Crippen LogP contribution in [-0.2, 0) is 11.8 Å². The van der Waals surface area contributed by atoms with Crippen LogP contribution in [0.1, 0.15) is 53.0 Å². The molecular weight excluding hydrogens is 328 g/mol. The topological polar surface area (TPSA) is 56.2 Å². The van der Waals surface area contributed by atoms with E-state index in [1.807, 2.05) is 6.07 Å². The quantitative estimate of drug-likeness (QED) is 0.925. The average Bonchev–Trinajstić information content (AvgIpc) is 3.21. The molecule has 25 heavy (non-hydrogen) atoms. The molecule has 2 aliphatic rings. The summed E-state index contributed by atoms with van der Waals surface area (Å²) in [5.74, 6) is -1.58. The Morgan fingerprint density at radius 2 is 2.04 bits per heavy atom. The number of carbonyl (C=O) groups excluding carboxylic acids is 1. The van der Waals surface area contributed by atoms with Crippen LogP contribution in [0.2, 0.25) is 0 Å². The number of benzene rings is 1. The molecule has 0 radical (unpaired) electrons. The molecule has 1 aromatic heterocycles. The molecule has 1 amide bonds. The molecule has 0 unspecified atom stereocenters. The Morgan fingerprint density at radius 3 is 2.76 bits per heavy atom. The Labute approximate surface area is 144 Å². The zero-order valence-electron chi connectivity index (χ0n) is 13.8. The van der Waals surface area contributed by atoms with Crippen molar-refractivity contribution in [2.75, 3.05) is 6.61 Å². The number of amides is 1. The van der Waals surface area contributed by atoms with E-state index in [9.17, 15) is 13.6 Å². The van der Waals surface area contributed by atoms with Crippen LogP contribution in [0.5, 0.6) is 0 Å². The summed E-state index contributed by atoms with van der Waals surface area (Å²) in [6.07, 6.45) is 2.36. The molecule has 132 valence electrons. The predicted molar refractivity (Wildman–Crippen MR) is 86.1 cm³/mol. The fourth-order valence-electron chi connectivity index (χ4n) is 3.28. The van der Waals surface area contributed by atoms with Gasteiger partial charge in [0.2, 0.25) is 0 Å². The summed E-state index contributed by atoms with van der Waals surface area (Å²) in [4.78, 5) is 12.6. The number of carbonyl (C=O) groups is 1. The van der Waals surface area contributed by atoms with E-state index in [-0.39, 0.29) is 11.9 Å². The molecule has 5 nitrogen and oxygen atoms in total. The fourth-order valence-corrected chi connectivity index (χ4v) is 3.28. The van der Waals surface area contributed by atoms with Gasteiger partial charge in [-0.3, -0.25) is 9.48 Å². The molecule has 1 N–H and O–H groups in total. The maximum Gasteiger partial charge on any atom is 0.269 e. The second-order valence-corrected chi connectivity index (χ2v) is 6.69. The summed E-state index contributed by atoms with van der Waals surface area (Å²) >= 11 is 0. The molecule has 2 aromatic rings. The number of hydrogen-bond donors (Lipinski definition) is 1. The summed E-state index contributed by atoms with van der Waals surface area (Å²) in [7, 11) is 1.75. The van der Waals surface area contributed by atoms with Crippen LogP contribution in [-0.4, -0.2) is 28.3 Å². The Hall–Kier alpha value is -2.28. The van der Waals surface area contributed by atoms with Gasteiger partial charge in [0.15, 0.2) is 11.6 Å². The van der Waals surface area contributed by atoms with Gasteiger partial charge >= 0.3 is 0 Å². The second kappa shape index (κ2) is 6.22. The average molecular weight is 347 g/mol. The molecule has 2 atom stereocenters. The molecule has 0 spiro atoms. The first-order valence-electron chi connectivity index (χ1n) is 8.44. The smallest absolute Gasteiger partial charge is 0.269 e. The van der Waals surface area contributed by atoms with E-state index in [0.29, 0.717) is 30.2 Å². The Kier molecular flexibility index (Phi) is 4.03. The second-order valence-electron chi connectivity index (χ2n) is 6.69. The van der Waals surface area contributed by atoms with Crippen molar-refractivity contribution in [3.63, 3.8) is 0 Å². The molecular formula is C18H19F2N3O2. The van der Waals surface area contributed by atoms with Crippen LogP contribution in [0.25, 0.3) is 0 Å². The van der Waals surface area contributed by atoms with Gasteiger partial charge in [-0.15, -0.1) is 0 Å². The van der Waals surface area contributed by atoms with Crippen LogP contribution >= 0.6 is 0 Å². The van der Waals surface area contributed by atoms with E-state index >= 15 is 0 Å². The van der Waals surface area contributed by atoms with E-state index < -0.39 is 17.7 Å². The standard InChI is InChI=1S/C18H19F2N3O2/c1-23-16(9-15(22-23)10-2-3-10)18(24)21-14-6-7-25-17(14)11-4-5-12(19)13(20)8-11/h4-5,8-10,14,17H,2-3,6-7H2,1H3,(H,21,24)/t14-,17+/m1/s1. The van der Waals surface area contributed by atoms with Crippen molar-refractivity contribution in [3.8, 4) is 0 Å². The highest BCUT2D eigenvalue weighted by Crippen LogP contribution is 2.39. The van der Waals surface area contributed by atoms with Gasteiger partial charge in [-0.2, -0.15) is 5.10 Å². The van der Waals surface area contributed by atoms with Gasteiger partial charge in [-0.25, -0.2) is 8.78 Å². The van der Waals surface area contributed by atoms with Gasteiger partial charge in [0.25, 0.3) is 5.91 Å². The lowest BCUT2D eigenvalue weighted by molar-refractivity contribution is 0.0813. The van der Waals surface area contributed by atoms with Gasteiger partial charge in [-0.05, 0) is 43.0 Å². The van der Waals surface area contributed by atoms with E-state index in [1.54, 1.807) is 11.7 Å².